The average Bonchev–Trinajstić information content (AvgIpc) is 3.31. The number of hydrogen-bond donors (Lipinski definition) is 0. The van der Waals surface area contributed by atoms with Crippen molar-refractivity contribution >= 4 is 5.71 Å². The van der Waals surface area contributed by atoms with Gasteiger partial charge in [-0.15, -0.1) is 0 Å². The number of hydrogen-bond acceptors (Lipinski definition) is 3. The van der Waals surface area contributed by atoms with Gasteiger partial charge in [0.05, 0.1) is 17.3 Å². The second kappa shape index (κ2) is 7.65. The molecule has 4 aromatic carbocycles. The van der Waals surface area contributed by atoms with Crippen LogP contribution in [0.5, 0.6) is 5.75 Å². The molecule has 6 rings (SSSR count). The predicted octanol–water partition coefficient (Wildman–Crippen LogP) is 6.74. The largest absolute Gasteiger partial charge is 0.464 e. The maximum Gasteiger partial charge on any atom is 0.216 e. The van der Waals surface area contributed by atoms with Crippen LogP contribution in [0.1, 0.15) is 35.4 Å². The summed E-state index contributed by atoms with van der Waals surface area (Å²) in [6.45, 7) is 0. The van der Waals surface area contributed by atoms with Crippen LogP contribution in [0.2, 0.25) is 0 Å². The minimum atomic E-state index is -0.600. The van der Waals surface area contributed by atoms with Crippen LogP contribution in [-0.2, 0) is 0 Å². The fourth-order valence-electron chi connectivity index (χ4n) is 4.57. The highest BCUT2D eigenvalue weighted by Crippen LogP contribution is 2.47. The maximum atomic E-state index is 14.7. The molecule has 0 N–H and O–H groups in total. The highest BCUT2D eigenvalue weighted by molar-refractivity contribution is 6.02. The zero-order valence-corrected chi connectivity index (χ0v) is 17.4. The number of nitrogens with zero attached hydrogens (tertiary/aromatic N) is 2. The quantitative estimate of drug-likeness (QED) is 0.367. The van der Waals surface area contributed by atoms with E-state index in [4.69, 9.17) is 9.84 Å². The summed E-state index contributed by atoms with van der Waals surface area (Å²) in [5, 5.41) is 6.86. The second-order valence-electron chi connectivity index (χ2n) is 8.12. The van der Waals surface area contributed by atoms with Crippen LogP contribution in [0.4, 0.5) is 4.39 Å². The Labute approximate surface area is 186 Å². The molecule has 32 heavy (non-hydrogen) atoms. The molecular weight excluding hydrogens is 399 g/mol. The van der Waals surface area contributed by atoms with Crippen molar-refractivity contribution in [2.24, 2.45) is 5.10 Å². The van der Waals surface area contributed by atoms with Crippen molar-refractivity contribution in [2.75, 3.05) is 0 Å². The van der Waals surface area contributed by atoms with E-state index in [-0.39, 0.29) is 11.9 Å². The Morgan fingerprint density at radius 3 is 2.09 bits per heavy atom. The molecule has 0 aliphatic carbocycles. The zero-order chi connectivity index (χ0) is 21.5. The van der Waals surface area contributed by atoms with E-state index in [1.807, 2.05) is 47.5 Å². The van der Waals surface area contributed by atoms with Gasteiger partial charge in [-0.2, -0.15) is 5.10 Å². The van der Waals surface area contributed by atoms with Gasteiger partial charge in [0.25, 0.3) is 0 Å². The van der Waals surface area contributed by atoms with Crippen LogP contribution < -0.4 is 4.74 Å². The van der Waals surface area contributed by atoms with Crippen LogP contribution in [-0.4, -0.2) is 10.7 Å². The summed E-state index contributed by atoms with van der Waals surface area (Å²) in [6, 6.07) is 33.6. The molecule has 0 saturated carbocycles. The molecule has 4 aromatic rings. The van der Waals surface area contributed by atoms with Gasteiger partial charge in [-0.1, -0.05) is 91.0 Å². The summed E-state index contributed by atoms with van der Waals surface area (Å²) >= 11 is 0. The monoisotopic (exact) mass is 420 g/mol. The lowest BCUT2D eigenvalue weighted by Gasteiger charge is -2.38. The van der Waals surface area contributed by atoms with E-state index < -0.39 is 6.23 Å². The Morgan fingerprint density at radius 1 is 0.688 bits per heavy atom. The molecular formula is C28H21FN2O. The van der Waals surface area contributed by atoms with Crippen molar-refractivity contribution in [1.29, 1.82) is 0 Å². The first-order valence-corrected chi connectivity index (χ1v) is 10.8. The van der Waals surface area contributed by atoms with Gasteiger partial charge in [-0.25, -0.2) is 9.40 Å². The fourth-order valence-corrected chi connectivity index (χ4v) is 4.57. The predicted molar refractivity (Wildman–Crippen MR) is 124 cm³/mol. The minimum Gasteiger partial charge on any atom is -0.464 e. The van der Waals surface area contributed by atoms with Crippen molar-refractivity contribution in [1.82, 2.24) is 5.01 Å². The van der Waals surface area contributed by atoms with Crippen LogP contribution in [0, 0.1) is 5.82 Å². The van der Waals surface area contributed by atoms with Crippen molar-refractivity contribution in [3.05, 3.63) is 126 Å². The molecule has 0 spiro atoms. The summed E-state index contributed by atoms with van der Waals surface area (Å²) in [5.41, 5.74) is 5.99. The molecule has 156 valence electrons. The Bertz CT molecular complexity index is 1300. The van der Waals surface area contributed by atoms with Gasteiger partial charge in [0, 0.05) is 12.0 Å². The third kappa shape index (κ3) is 3.16. The molecule has 0 radical (unpaired) electrons. The average molecular weight is 420 g/mol. The van der Waals surface area contributed by atoms with Crippen molar-refractivity contribution in [2.45, 2.75) is 18.7 Å². The third-order valence-electron chi connectivity index (χ3n) is 6.20. The van der Waals surface area contributed by atoms with Gasteiger partial charge in [0.1, 0.15) is 11.6 Å². The first kappa shape index (κ1) is 18.8. The van der Waals surface area contributed by atoms with E-state index in [1.165, 1.54) is 17.2 Å². The summed E-state index contributed by atoms with van der Waals surface area (Å²) in [7, 11) is 0. The highest BCUT2D eigenvalue weighted by atomic mass is 19.1. The normalized spacial score (nSPS) is 19.0. The summed E-state index contributed by atoms with van der Waals surface area (Å²) in [4.78, 5) is 0. The lowest BCUT2D eigenvalue weighted by Crippen LogP contribution is -2.34. The van der Waals surface area contributed by atoms with Crippen LogP contribution in [0.3, 0.4) is 0 Å². The Kier molecular flexibility index (Phi) is 4.50. The molecule has 0 unspecified atom stereocenters. The van der Waals surface area contributed by atoms with Gasteiger partial charge < -0.3 is 4.74 Å². The van der Waals surface area contributed by atoms with Gasteiger partial charge in [-0.05, 0) is 28.8 Å². The number of para-hydroxylation sites is 1. The van der Waals surface area contributed by atoms with Crippen LogP contribution in [0.15, 0.2) is 108 Å². The van der Waals surface area contributed by atoms with Crippen molar-refractivity contribution in [3.8, 4) is 16.9 Å². The van der Waals surface area contributed by atoms with E-state index in [9.17, 15) is 4.39 Å². The second-order valence-corrected chi connectivity index (χ2v) is 8.12. The number of ether oxygens (including phenoxy) is 1. The Hall–Kier alpha value is -3.92. The van der Waals surface area contributed by atoms with E-state index >= 15 is 0 Å². The molecule has 4 heteroatoms. The number of fused-ring (bicyclic) bond motifs is 3. The molecule has 2 aliphatic heterocycles. The zero-order valence-electron chi connectivity index (χ0n) is 17.4. The maximum absolute atomic E-state index is 14.7. The Morgan fingerprint density at radius 2 is 1.31 bits per heavy atom. The molecule has 0 aromatic heterocycles. The topological polar surface area (TPSA) is 24.8 Å². The van der Waals surface area contributed by atoms with Gasteiger partial charge in [-0.3, -0.25) is 0 Å². The number of rotatable bonds is 3. The van der Waals surface area contributed by atoms with Crippen molar-refractivity contribution in [3.63, 3.8) is 0 Å². The number of hydrazone groups is 1. The van der Waals surface area contributed by atoms with Crippen LogP contribution in [0.25, 0.3) is 11.1 Å². The molecule has 0 amide bonds. The SMILES string of the molecule is Fc1ccccc1[C@@H]1Oc2ccccc2[C@@H]2CC(c3ccc(-c4ccccc4)cc3)=NN21. The molecule has 2 aliphatic rings. The van der Waals surface area contributed by atoms with E-state index in [0.29, 0.717) is 5.56 Å². The van der Waals surface area contributed by atoms with E-state index in [0.717, 1.165) is 29.0 Å². The first-order valence-electron chi connectivity index (χ1n) is 10.8. The van der Waals surface area contributed by atoms with Crippen molar-refractivity contribution < 1.29 is 9.13 Å². The summed E-state index contributed by atoms with van der Waals surface area (Å²) in [6.07, 6.45) is 0.146. The summed E-state index contributed by atoms with van der Waals surface area (Å²) in [5.74, 6) is 0.504. The van der Waals surface area contributed by atoms with Gasteiger partial charge in [0.2, 0.25) is 6.23 Å². The molecule has 0 bridgehead atoms. The van der Waals surface area contributed by atoms with Gasteiger partial charge in [0.15, 0.2) is 0 Å². The summed E-state index contributed by atoms with van der Waals surface area (Å²) < 4.78 is 20.9. The van der Waals surface area contributed by atoms with E-state index in [2.05, 4.69) is 42.5 Å². The molecule has 0 saturated heterocycles. The first-order chi connectivity index (χ1) is 15.8. The lowest BCUT2D eigenvalue weighted by atomic mass is 9.95. The number of benzene rings is 4. The lowest BCUT2D eigenvalue weighted by molar-refractivity contribution is -0.0212. The minimum absolute atomic E-state index is 0.00774. The molecule has 2 heterocycles. The fraction of sp³-hybridized carbons (Fsp3) is 0.107. The van der Waals surface area contributed by atoms with Gasteiger partial charge >= 0.3 is 0 Å². The standard InChI is InChI=1S/C28H21FN2O/c29-24-12-6-4-10-22(24)28-31-26(23-11-5-7-13-27(23)32-28)18-25(30-31)21-16-14-20(15-17-21)19-8-2-1-3-9-19/h1-17,26,28H,18H2/t26-,28-/m0/s1. The van der Waals surface area contributed by atoms with Crippen LogP contribution >= 0.6 is 0 Å². The molecule has 0 fully saturated rings. The third-order valence-corrected chi connectivity index (χ3v) is 6.20. The highest BCUT2D eigenvalue weighted by Gasteiger charge is 2.41. The van der Waals surface area contributed by atoms with E-state index in [1.54, 1.807) is 12.1 Å². The Balaban J connectivity index is 1.38. The molecule has 3 nitrogen and oxygen atoms in total. The molecule has 2 atom stereocenters. The number of halogens is 1. The smallest absolute Gasteiger partial charge is 0.216 e.